The third-order valence-electron chi connectivity index (χ3n) is 3.78. The van der Waals surface area contributed by atoms with E-state index in [1.165, 1.54) is 0 Å². The smallest absolute Gasteiger partial charge is 0.223 e. The van der Waals surface area contributed by atoms with E-state index in [0.29, 0.717) is 6.42 Å². The van der Waals surface area contributed by atoms with E-state index in [-0.39, 0.29) is 30.5 Å². The number of aliphatic hydroxyl groups is 1. The number of hydrogen-bond acceptors (Lipinski definition) is 2. The van der Waals surface area contributed by atoms with Crippen molar-refractivity contribution in [2.75, 3.05) is 6.61 Å². The standard InChI is InChI=1S/C14H19NO2/c1-10(12-6-4-3-5-7-12)15-11(2)13(9-16)8-14(15)17/h3-7,10-11,13,16H,8-9H2,1-2H3. The number of carbonyl (C=O) groups is 1. The number of carbonyl (C=O) groups excluding carboxylic acids is 1. The molecule has 1 saturated heterocycles. The fourth-order valence-electron chi connectivity index (χ4n) is 2.63. The summed E-state index contributed by atoms with van der Waals surface area (Å²) in [5, 5.41) is 9.25. The summed E-state index contributed by atoms with van der Waals surface area (Å²) >= 11 is 0. The molecule has 1 aromatic carbocycles. The van der Waals surface area contributed by atoms with E-state index < -0.39 is 0 Å². The molecule has 1 N–H and O–H groups in total. The Hall–Kier alpha value is -1.35. The van der Waals surface area contributed by atoms with E-state index in [2.05, 4.69) is 0 Å². The number of nitrogens with zero attached hydrogens (tertiary/aromatic N) is 1. The van der Waals surface area contributed by atoms with Gasteiger partial charge in [-0.05, 0) is 19.4 Å². The maximum Gasteiger partial charge on any atom is 0.223 e. The highest BCUT2D eigenvalue weighted by Crippen LogP contribution is 2.33. The van der Waals surface area contributed by atoms with Crippen LogP contribution in [0.25, 0.3) is 0 Å². The van der Waals surface area contributed by atoms with Crippen LogP contribution in [-0.2, 0) is 4.79 Å². The molecule has 17 heavy (non-hydrogen) atoms. The fraction of sp³-hybridized carbons (Fsp3) is 0.500. The van der Waals surface area contributed by atoms with Crippen LogP contribution in [0.5, 0.6) is 0 Å². The summed E-state index contributed by atoms with van der Waals surface area (Å²) in [6, 6.07) is 10.2. The minimum Gasteiger partial charge on any atom is -0.396 e. The lowest BCUT2D eigenvalue weighted by atomic mass is 10.0. The van der Waals surface area contributed by atoms with E-state index in [1.54, 1.807) is 0 Å². The summed E-state index contributed by atoms with van der Waals surface area (Å²) in [7, 11) is 0. The predicted octanol–water partition coefficient (Wildman–Crippen LogP) is 1.98. The molecule has 0 saturated carbocycles. The van der Waals surface area contributed by atoms with Gasteiger partial charge in [-0.3, -0.25) is 4.79 Å². The predicted molar refractivity (Wildman–Crippen MR) is 66.4 cm³/mol. The van der Waals surface area contributed by atoms with Gasteiger partial charge in [-0.25, -0.2) is 0 Å². The van der Waals surface area contributed by atoms with Gasteiger partial charge in [0.1, 0.15) is 0 Å². The van der Waals surface area contributed by atoms with Crippen molar-refractivity contribution in [3.8, 4) is 0 Å². The third kappa shape index (κ3) is 2.20. The highest BCUT2D eigenvalue weighted by Gasteiger charge is 2.38. The van der Waals surface area contributed by atoms with E-state index in [4.69, 9.17) is 0 Å². The molecule has 1 aliphatic heterocycles. The summed E-state index contributed by atoms with van der Waals surface area (Å²) < 4.78 is 0. The topological polar surface area (TPSA) is 40.5 Å². The van der Waals surface area contributed by atoms with E-state index in [0.717, 1.165) is 5.56 Å². The van der Waals surface area contributed by atoms with Gasteiger partial charge in [-0.1, -0.05) is 30.3 Å². The molecule has 0 aromatic heterocycles. The molecule has 3 heteroatoms. The molecule has 1 amide bonds. The second-order valence-electron chi connectivity index (χ2n) is 4.78. The first-order valence-corrected chi connectivity index (χ1v) is 6.12. The molecular weight excluding hydrogens is 214 g/mol. The lowest BCUT2D eigenvalue weighted by molar-refractivity contribution is -0.130. The van der Waals surface area contributed by atoms with Crippen LogP contribution in [0, 0.1) is 5.92 Å². The van der Waals surface area contributed by atoms with Gasteiger partial charge in [0.25, 0.3) is 0 Å². The molecule has 92 valence electrons. The molecule has 2 rings (SSSR count). The second kappa shape index (κ2) is 4.88. The highest BCUT2D eigenvalue weighted by molar-refractivity contribution is 5.79. The molecule has 3 unspecified atom stereocenters. The number of aliphatic hydroxyl groups excluding tert-OH is 1. The van der Waals surface area contributed by atoms with Crippen LogP contribution in [0.2, 0.25) is 0 Å². The Kier molecular flexibility index (Phi) is 3.48. The van der Waals surface area contributed by atoms with Crippen molar-refractivity contribution >= 4 is 5.91 Å². The number of hydrogen-bond donors (Lipinski definition) is 1. The van der Waals surface area contributed by atoms with E-state index in [9.17, 15) is 9.90 Å². The number of amides is 1. The molecule has 0 radical (unpaired) electrons. The van der Waals surface area contributed by atoms with E-state index >= 15 is 0 Å². The van der Waals surface area contributed by atoms with Gasteiger partial charge in [-0.15, -0.1) is 0 Å². The average molecular weight is 233 g/mol. The Bertz CT molecular complexity index is 390. The Balaban J connectivity index is 2.20. The Morgan fingerprint density at radius 3 is 2.59 bits per heavy atom. The van der Waals surface area contributed by atoms with Crippen LogP contribution in [0.3, 0.4) is 0 Å². The van der Waals surface area contributed by atoms with Gasteiger partial charge in [0.05, 0.1) is 6.04 Å². The molecule has 1 fully saturated rings. The SMILES string of the molecule is CC(c1ccccc1)N1C(=O)CC(CO)C1C. The summed E-state index contributed by atoms with van der Waals surface area (Å²) in [4.78, 5) is 13.9. The van der Waals surface area contributed by atoms with Crippen molar-refractivity contribution in [1.82, 2.24) is 4.90 Å². The molecule has 0 aliphatic carbocycles. The second-order valence-corrected chi connectivity index (χ2v) is 4.78. The number of likely N-dealkylation sites (tertiary alicyclic amines) is 1. The van der Waals surface area contributed by atoms with Crippen molar-refractivity contribution in [3.63, 3.8) is 0 Å². The van der Waals surface area contributed by atoms with Gasteiger partial charge in [-0.2, -0.15) is 0 Å². The lowest BCUT2D eigenvalue weighted by Crippen LogP contribution is -2.35. The van der Waals surface area contributed by atoms with Gasteiger partial charge in [0, 0.05) is 25.0 Å². The minimum absolute atomic E-state index is 0.0775. The van der Waals surface area contributed by atoms with Gasteiger partial charge >= 0.3 is 0 Å². The first-order valence-electron chi connectivity index (χ1n) is 6.12. The Morgan fingerprint density at radius 1 is 1.41 bits per heavy atom. The summed E-state index contributed by atoms with van der Waals surface area (Å²) in [6.07, 6.45) is 0.467. The zero-order valence-electron chi connectivity index (χ0n) is 10.3. The Labute approximate surface area is 102 Å². The van der Waals surface area contributed by atoms with Crippen LogP contribution >= 0.6 is 0 Å². The maximum absolute atomic E-state index is 12.0. The van der Waals surface area contributed by atoms with Crippen LogP contribution in [0.15, 0.2) is 30.3 Å². The molecule has 0 bridgehead atoms. The average Bonchev–Trinajstić information content (AvgIpc) is 2.64. The molecule has 1 heterocycles. The molecule has 1 aliphatic rings. The Morgan fingerprint density at radius 2 is 2.06 bits per heavy atom. The van der Waals surface area contributed by atoms with Gasteiger partial charge in [0.15, 0.2) is 0 Å². The van der Waals surface area contributed by atoms with Crippen molar-refractivity contribution < 1.29 is 9.90 Å². The van der Waals surface area contributed by atoms with Gasteiger partial charge in [0.2, 0.25) is 5.91 Å². The monoisotopic (exact) mass is 233 g/mol. The maximum atomic E-state index is 12.0. The first kappa shape index (κ1) is 12.1. The molecule has 3 nitrogen and oxygen atoms in total. The zero-order chi connectivity index (χ0) is 12.4. The van der Waals surface area contributed by atoms with Crippen molar-refractivity contribution in [2.24, 2.45) is 5.92 Å². The van der Waals surface area contributed by atoms with E-state index in [1.807, 2.05) is 49.1 Å². The lowest BCUT2D eigenvalue weighted by Gasteiger charge is -2.30. The van der Waals surface area contributed by atoms with Crippen molar-refractivity contribution in [1.29, 1.82) is 0 Å². The van der Waals surface area contributed by atoms with Crippen LogP contribution in [0.4, 0.5) is 0 Å². The quantitative estimate of drug-likeness (QED) is 0.867. The highest BCUT2D eigenvalue weighted by atomic mass is 16.3. The van der Waals surface area contributed by atoms with Crippen molar-refractivity contribution in [3.05, 3.63) is 35.9 Å². The number of rotatable bonds is 3. The van der Waals surface area contributed by atoms with Crippen LogP contribution in [0.1, 0.15) is 31.9 Å². The minimum atomic E-state index is 0.0775. The number of benzene rings is 1. The summed E-state index contributed by atoms with van der Waals surface area (Å²) in [6.45, 7) is 4.15. The third-order valence-corrected chi connectivity index (χ3v) is 3.78. The van der Waals surface area contributed by atoms with Crippen LogP contribution in [-0.4, -0.2) is 28.6 Å². The summed E-state index contributed by atoms with van der Waals surface area (Å²) in [5.74, 6) is 0.224. The van der Waals surface area contributed by atoms with Gasteiger partial charge < -0.3 is 10.0 Å². The summed E-state index contributed by atoms with van der Waals surface area (Å²) in [5.41, 5.74) is 1.14. The van der Waals surface area contributed by atoms with Crippen molar-refractivity contribution in [2.45, 2.75) is 32.4 Å². The molecular formula is C14H19NO2. The normalized spacial score (nSPS) is 26.3. The largest absolute Gasteiger partial charge is 0.396 e. The molecule has 3 atom stereocenters. The zero-order valence-corrected chi connectivity index (χ0v) is 10.3. The fourth-order valence-corrected chi connectivity index (χ4v) is 2.63. The molecule has 0 spiro atoms. The first-order chi connectivity index (χ1) is 8.15. The van der Waals surface area contributed by atoms with Crippen LogP contribution < -0.4 is 0 Å². The molecule has 1 aromatic rings.